The molecule has 0 spiro atoms. The molecule has 1 unspecified atom stereocenters. The third-order valence-corrected chi connectivity index (χ3v) is 3.08. The molecule has 0 saturated heterocycles. The molecule has 0 radical (unpaired) electrons. The number of hydrogen-bond donors (Lipinski definition) is 2. The van der Waals surface area contributed by atoms with Crippen LogP contribution in [0, 0.1) is 0 Å². The highest BCUT2D eigenvalue weighted by Gasteiger charge is 2.09. The number of carbonyl (C=O) groups excluding carboxylic acids is 1. The van der Waals surface area contributed by atoms with Gasteiger partial charge in [-0.25, -0.2) is 0 Å². The minimum absolute atomic E-state index is 0.0729. The van der Waals surface area contributed by atoms with Gasteiger partial charge in [-0.3, -0.25) is 4.79 Å². The molecule has 1 amide bonds. The van der Waals surface area contributed by atoms with E-state index in [0.717, 1.165) is 13.0 Å². The Labute approximate surface area is 94.9 Å². The molecule has 0 aliphatic rings. The fraction of sp³-hybridized carbons (Fsp3) is 0.545. The van der Waals surface area contributed by atoms with Crippen LogP contribution in [0.15, 0.2) is 17.5 Å². The molecule has 84 valence electrons. The van der Waals surface area contributed by atoms with Gasteiger partial charge in [0.1, 0.15) is 0 Å². The van der Waals surface area contributed by atoms with Crippen molar-refractivity contribution in [1.82, 2.24) is 10.6 Å². The zero-order valence-corrected chi connectivity index (χ0v) is 10.1. The highest BCUT2D eigenvalue weighted by atomic mass is 32.1. The van der Waals surface area contributed by atoms with Gasteiger partial charge >= 0.3 is 0 Å². The quantitative estimate of drug-likeness (QED) is 0.770. The van der Waals surface area contributed by atoms with Crippen LogP contribution in [0.2, 0.25) is 0 Å². The van der Waals surface area contributed by atoms with Crippen LogP contribution in [0.5, 0.6) is 0 Å². The lowest BCUT2D eigenvalue weighted by Crippen LogP contribution is -2.42. The monoisotopic (exact) mass is 226 g/mol. The summed E-state index contributed by atoms with van der Waals surface area (Å²) in [6, 6.07) is 4.06. The smallest absolute Gasteiger partial charge is 0.236 e. The van der Waals surface area contributed by atoms with Crippen molar-refractivity contribution < 1.29 is 4.79 Å². The molecule has 4 heteroatoms. The third kappa shape index (κ3) is 4.44. The van der Waals surface area contributed by atoms with E-state index in [1.54, 1.807) is 11.3 Å². The van der Waals surface area contributed by atoms with Crippen LogP contribution in [0.4, 0.5) is 0 Å². The number of nitrogens with one attached hydrogen (secondary N) is 2. The molecule has 1 atom stereocenters. The topological polar surface area (TPSA) is 41.1 Å². The van der Waals surface area contributed by atoms with Crippen molar-refractivity contribution in [3.05, 3.63) is 22.4 Å². The van der Waals surface area contributed by atoms with Crippen LogP contribution in [-0.2, 0) is 11.2 Å². The van der Waals surface area contributed by atoms with Gasteiger partial charge in [0.15, 0.2) is 0 Å². The summed E-state index contributed by atoms with van der Waals surface area (Å²) in [4.78, 5) is 12.7. The Kier molecular flexibility index (Phi) is 5.36. The first kappa shape index (κ1) is 12.2. The van der Waals surface area contributed by atoms with E-state index in [0.29, 0.717) is 6.54 Å². The van der Waals surface area contributed by atoms with Crippen LogP contribution in [0.3, 0.4) is 0 Å². The van der Waals surface area contributed by atoms with Crippen LogP contribution in [0.25, 0.3) is 0 Å². The van der Waals surface area contributed by atoms with Crippen LogP contribution >= 0.6 is 11.3 Å². The van der Waals surface area contributed by atoms with Gasteiger partial charge in [0.05, 0.1) is 6.04 Å². The molecule has 0 bridgehead atoms. The lowest BCUT2D eigenvalue weighted by molar-refractivity contribution is -0.122. The molecular weight excluding hydrogens is 208 g/mol. The molecule has 0 aromatic carbocycles. The van der Waals surface area contributed by atoms with E-state index in [1.165, 1.54) is 4.88 Å². The van der Waals surface area contributed by atoms with Crippen molar-refractivity contribution in [3.63, 3.8) is 0 Å². The predicted molar refractivity (Wildman–Crippen MR) is 64.2 cm³/mol. The third-order valence-electron chi connectivity index (χ3n) is 2.15. The van der Waals surface area contributed by atoms with Crippen molar-refractivity contribution in [2.24, 2.45) is 0 Å². The van der Waals surface area contributed by atoms with Crippen molar-refractivity contribution in [2.45, 2.75) is 26.3 Å². The SMILES string of the molecule is CCNC(=O)C(C)NCCc1cccs1. The Hall–Kier alpha value is -0.870. The normalized spacial score (nSPS) is 12.4. The number of likely N-dealkylation sites (N-methyl/N-ethyl adjacent to an activating group) is 1. The van der Waals surface area contributed by atoms with Crippen molar-refractivity contribution in [1.29, 1.82) is 0 Å². The Balaban J connectivity index is 2.17. The van der Waals surface area contributed by atoms with Crippen LogP contribution in [0.1, 0.15) is 18.7 Å². The van der Waals surface area contributed by atoms with E-state index >= 15 is 0 Å². The summed E-state index contributed by atoms with van der Waals surface area (Å²) < 4.78 is 0. The van der Waals surface area contributed by atoms with Gasteiger partial charge in [-0.05, 0) is 31.7 Å². The number of rotatable bonds is 6. The first-order valence-electron chi connectivity index (χ1n) is 5.27. The second-order valence-electron chi connectivity index (χ2n) is 3.40. The molecule has 0 aliphatic carbocycles. The maximum absolute atomic E-state index is 11.4. The second-order valence-corrected chi connectivity index (χ2v) is 4.43. The maximum atomic E-state index is 11.4. The van der Waals surface area contributed by atoms with Crippen molar-refractivity contribution in [2.75, 3.05) is 13.1 Å². The average Bonchev–Trinajstić information content (AvgIpc) is 2.71. The summed E-state index contributed by atoms with van der Waals surface area (Å²) in [5.41, 5.74) is 0. The second kappa shape index (κ2) is 6.58. The zero-order valence-electron chi connectivity index (χ0n) is 9.25. The van der Waals surface area contributed by atoms with Crippen LogP contribution < -0.4 is 10.6 Å². The standard InChI is InChI=1S/C11H18N2OS/c1-3-12-11(14)9(2)13-7-6-10-5-4-8-15-10/h4-5,8-9,13H,3,6-7H2,1-2H3,(H,12,14). The van der Waals surface area contributed by atoms with E-state index in [1.807, 2.05) is 19.9 Å². The van der Waals surface area contributed by atoms with Crippen molar-refractivity contribution >= 4 is 17.2 Å². The average molecular weight is 226 g/mol. The zero-order chi connectivity index (χ0) is 11.1. The summed E-state index contributed by atoms with van der Waals surface area (Å²) in [5, 5.41) is 8.06. The Morgan fingerprint density at radius 2 is 2.40 bits per heavy atom. The molecular formula is C11H18N2OS. The largest absolute Gasteiger partial charge is 0.355 e. The molecule has 15 heavy (non-hydrogen) atoms. The minimum atomic E-state index is -0.107. The van der Waals surface area contributed by atoms with Crippen LogP contribution in [-0.4, -0.2) is 25.0 Å². The molecule has 1 aromatic rings. The van der Waals surface area contributed by atoms with Gasteiger partial charge in [-0.15, -0.1) is 11.3 Å². The number of carbonyl (C=O) groups is 1. The van der Waals surface area contributed by atoms with E-state index in [-0.39, 0.29) is 11.9 Å². The summed E-state index contributed by atoms with van der Waals surface area (Å²) in [7, 11) is 0. The number of hydrogen-bond acceptors (Lipinski definition) is 3. The maximum Gasteiger partial charge on any atom is 0.236 e. The van der Waals surface area contributed by atoms with Gasteiger partial charge in [0.2, 0.25) is 5.91 Å². The van der Waals surface area contributed by atoms with Gasteiger partial charge < -0.3 is 10.6 Å². The number of thiophene rings is 1. The highest BCUT2D eigenvalue weighted by Crippen LogP contribution is 2.08. The predicted octanol–water partition coefficient (Wildman–Crippen LogP) is 1.40. The van der Waals surface area contributed by atoms with Crippen molar-refractivity contribution in [3.8, 4) is 0 Å². The van der Waals surface area contributed by atoms with Gasteiger partial charge in [0, 0.05) is 18.0 Å². The molecule has 0 aliphatic heterocycles. The first-order chi connectivity index (χ1) is 7.24. The molecule has 1 rings (SSSR count). The lowest BCUT2D eigenvalue weighted by atomic mass is 10.3. The Morgan fingerprint density at radius 1 is 1.60 bits per heavy atom. The van der Waals surface area contributed by atoms with Gasteiger partial charge in [0.25, 0.3) is 0 Å². The van der Waals surface area contributed by atoms with E-state index in [2.05, 4.69) is 22.1 Å². The first-order valence-corrected chi connectivity index (χ1v) is 6.15. The Morgan fingerprint density at radius 3 is 3.00 bits per heavy atom. The Bertz CT molecular complexity index is 285. The summed E-state index contributed by atoms with van der Waals surface area (Å²) in [6.07, 6.45) is 0.988. The minimum Gasteiger partial charge on any atom is -0.355 e. The van der Waals surface area contributed by atoms with E-state index in [4.69, 9.17) is 0 Å². The molecule has 0 fully saturated rings. The van der Waals surface area contributed by atoms with E-state index in [9.17, 15) is 4.79 Å². The molecule has 3 nitrogen and oxygen atoms in total. The lowest BCUT2D eigenvalue weighted by Gasteiger charge is -2.12. The summed E-state index contributed by atoms with van der Waals surface area (Å²) in [5.74, 6) is 0.0729. The summed E-state index contributed by atoms with van der Waals surface area (Å²) >= 11 is 1.75. The molecule has 0 saturated carbocycles. The van der Waals surface area contributed by atoms with E-state index < -0.39 is 0 Å². The fourth-order valence-corrected chi connectivity index (χ4v) is 2.00. The summed E-state index contributed by atoms with van der Waals surface area (Å²) in [6.45, 7) is 5.35. The van der Waals surface area contributed by atoms with Gasteiger partial charge in [-0.1, -0.05) is 6.07 Å². The highest BCUT2D eigenvalue weighted by molar-refractivity contribution is 7.09. The number of amides is 1. The molecule has 1 aromatic heterocycles. The fourth-order valence-electron chi connectivity index (χ4n) is 1.29. The molecule has 1 heterocycles. The molecule has 2 N–H and O–H groups in total. The van der Waals surface area contributed by atoms with Gasteiger partial charge in [-0.2, -0.15) is 0 Å².